The molecule has 0 N–H and O–H groups in total. The van der Waals surface area contributed by atoms with E-state index in [1.54, 1.807) is 0 Å². The summed E-state index contributed by atoms with van der Waals surface area (Å²) in [6.45, 7) is 6.73. The highest BCUT2D eigenvalue weighted by atomic mass is 16.6. The molecule has 83 heavy (non-hydrogen) atoms. The summed E-state index contributed by atoms with van der Waals surface area (Å²) < 4.78 is 17.0. The third kappa shape index (κ3) is 70.5. The fraction of sp³-hybridized carbons (Fsp3) is 0.909. The number of allylic oxidation sites excluding steroid dienone is 4. The number of hydrogen-bond acceptors (Lipinski definition) is 6. The van der Waals surface area contributed by atoms with Crippen molar-refractivity contribution in [2.24, 2.45) is 0 Å². The van der Waals surface area contributed by atoms with Crippen molar-refractivity contribution in [3.05, 3.63) is 24.3 Å². The molecule has 0 heterocycles. The van der Waals surface area contributed by atoms with Gasteiger partial charge >= 0.3 is 17.9 Å². The Bertz CT molecular complexity index is 1340. The van der Waals surface area contributed by atoms with E-state index in [4.69, 9.17) is 14.2 Å². The van der Waals surface area contributed by atoms with E-state index in [1.165, 1.54) is 327 Å². The van der Waals surface area contributed by atoms with Crippen LogP contribution in [-0.4, -0.2) is 37.2 Å². The Morgan fingerprint density at radius 2 is 0.434 bits per heavy atom. The van der Waals surface area contributed by atoms with Crippen molar-refractivity contribution in [3.63, 3.8) is 0 Å². The maximum atomic E-state index is 13.0. The van der Waals surface area contributed by atoms with Gasteiger partial charge in [-0.15, -0.1) is 0 Å². The van der Waals surface area contributed by atoms with E-state index in [0.29, 0.717) is 19.3 Å². The summed E-state index contributed by atoms with van der Waals surface area (Å²) in [5.41, 5.74) is 0. The lowest BCUT2D eigenvalue weighted by molar-refractivity contribution is -0.167. The van der Waals surface area contributed by atoms with Gasteiger partial charge in [0.25, 0.3) is 0 Å². The van der Waals surface area contributed by atoms with Crippen molar-refractivity contribution >= 4 is 17.9 Å². The Morgan fingerprint density at radius 3 is 0.663 bits per heavy atom. The molecule has 0 aromatic carbocycles. The highest BCUT2D eigenvalue weighted by molar-refractivity contribution is 5.71. The van der Waals surface area contributed by atoms with Gasteiger partial charge in [-0.25, -0.2) is 0 Å². The van der Waals surface area contributed by atoms with Gasteiger partial charge in [0, 0.05) is 19.3 Å². The van der Waals surface area contributed by atoms with Crippen molar-refractivity contribution in [1.29, 1.82) is 0 Å². The first kappa shape index (κ1) is 80.9. The Labute approximate surface area is 519 Å². The lowest BCUT2D eigenvalue weighted by atomic mass is 10.0. The van der Waals surface area contributed by atoms with E-state index in [1.807, 2.05) is 0 Å². The average Bonchev–Trinajstić information content (AvgIpc) is 3.49. The zero-order valence-electron chi connectivity index (χ0n) is 56.5. The molecule has 1 unspecified atom stereocenters. The maximum absolute atomic E-state index is 13.0. The summed E-state index contributed by atoms with van der Waals surface area (Å²) in [7, 11) is 0. The molecule has 0 amide bonds. The normalized spacial score (nSPS) is 12.1. The maximum Gasteiger partial charge on any atom is 0.306 e. The molecule has 0 saturated carbocycles. The molecule has 0 saturated heterocycles. The van der Waals surface area contributed by atoms with E-state index in [2.05, 4.69) is 45.1 Å². The van der Waals surface area contributed by atoms with Crippen LogP contribution in [0.1, 0.15) is 432 Å². The van der Waals surface area contributed by atoms with Crippen LogP contribution in [0.15, 0.2) is 24.3 Å². The predicted octanol–water partition coefficient (Wildman–Crippen LogP) is 26.1. The van der Waals surface area contributed by atoms with Crippen molar-refractivity contribution in [3.8, 4) is 0 Å². The third-order valence-corrected chi connectivity index (χ3v) is 17.5. The van der Waals surface area contributed by atoms with Crippen molar-refractivity contribution in [1.82, 2.24) is 0 Å². The lowest BCUT2D eigenvalue weighted by Gasteiger charge is -2.18. The van der Waals surface area contributed by atoms with Crippen LogP contribution in [0, 0.1) is 0 Å². The second kappa shape index (κ2) is 72.4. The van der Waals surface area contributed by atoms with Crippen molar-refractivity contribution in [2.45, 2.75) is 438 Å². The van der Waals surface area contributed by atoms with Gasteiger partial charge in [0.1, 0.15) is 13.2 Å². The third-order valence-electron chi connectivity index (χ3n) is 17.5. The minimum Gasteiger partial charge on any atom is -0.462 e. The van der Waals surface area contributed by atoms with E-state index < -0.39 is 6.10 Å². The SMILES string of the molecule is CCCCCCC/C=C\C/C=C\CCCCCCCCCCCCCCCC(=O)OCC(COC(=O)CCCCCCCCCCCCCCCCC)OC(=O)CCCCCCCCCCCCCCCCCCCCCCCCCCC. The quantitative estimate of drug-likeness (QED) is 0.0261. The number of carbonyl (C=O) groups excluding carboxylic acids is 3. The molecule has 0 aromatic heterocycles. The predicted molar refractivity (Wildman–Crippen MR) is 363 cm³/mol. The van der Waals surface area contributed by atoms with E-state index >= 15 is 0 Å². The first-order chi connectivity index (χ1) is 41.0. The number of unbranched alkanes of at least 4 members (excludes halogenated alkanes) is 56. The van der Waals surface area contributed by atoms with Crippen molar-refractivity contribution in [2.75, 3.05) is 13.2 Å². The van der Waals surface area contributed by atoms with Gasteiger partial charge in [0.15, 0.2) is 6.10 Å². The standard InChI is InChI=1S/C77H146O6/c1-4-7-10-13-16-19-22-25-28-30-32-34-36-38-40-42-44-46-49-52-55-58-61-64-67-70-76(79)82-73-74(72-81-75(78)69-66-63-60-57-54-51-48-27-24-21-18-15-12-9-6-3)83-77(80)71-68-65-62-59-56-53-50-47-45-43-41-39-37-35-33-31-29-26-23-20-17-14-11-8-5-2/h22,25,30,32,74H,4-21,23-24,26-29,31,33-73H2,1-3H3/b25-22-,32-30-. The molecule has 0 aromatic rings. The minimum absolute atomic E-state index is 0.0638. The Hall–Kier alpha value is -2.11. The van der Waals surface area contributed by atoms with Crippen LogP contribution in [0.4, 0.5) is 0 Å². The number of ether oxygens (including phenoxy) is 3. The molecular formula is C77H146O6. The first-order valence-corrected chi connectivity index (χ1v) is 37.8. The van der Waals surface area contributed by atoms with Crippen LogP contribution in [0.25, 0.3) is 0 Å². The molecule has 6 nitrogen and oxygen atoms in total. The van der Waals surface area contributed by atoms with Crippen LogP contribution < -0.4 is 0 Å². The van der Waals surface area contributed by atoms with Crippen LogP contribution >= 0.6 is 0 Å². The van der Waals surface area contributed by atoms with Crippen LogP contribution in [0.2, 0.25) is 0 Å². The number of esters is 3. The molecule has 0 aliphatic rings. The molecule has 0 aliphatic heterocycles. The summed E-state index contributed by atoms with van der Waals surface area (Å²) in [6, 6.07) is 0. The molecule has 6 heteroatoms. The minimum atomic E-state index is -0.768. The van der Waals surface area contributed by atoms with Crippen LogP contribution in [0.3, 0.4) is 0 Å². The molecule has 0 spiro atoms. The molecule has 0 rings (SSSR count). The van der Waals surface area contributed by atoms with Gasteiger partial charge in [0.05, 0.1) is 0 Å². The number of hydrogen-bond donors (Lipinski definition) is 0. The van der Waals surface area contributed by atoms with Gasteiger partial charge in [-0.2, -0.15) is 0 Å². The summed E-state index contributed by atoms with van der Waals surface area (Å²) in [6.07, 6.45) is 89.3. The molecule has 0 aliphatic carbocycles. The fourth-order valence-electron chi connectivity index (χ4n) is 11.8. The molecule has 0 radical (unpaired) electrons. The molecule has 0 fully saturated rings. The zero-order chi connectivity index (χ0) is 59.9. The summed E-state index contributed by atoms with van der Waals surface area (Å²) in [4.78, 5) is 38.5. The fourth-order valence-corrected chi connectivity index (χ4v) is 11.8. The monoisotopic (exact) mass is 1170 g/mol. The number of carbonyl (C=O) groups is 3. The number of rotatable bonds is 71. The van der Waals surface area contributed by atoms with Crippen LogP contribution in [-0.2, 0) is 28.6 Å². The van der Waals surface area contributed by atoms with Gasteiger partial charge in [0.2, 0.25) is 0 Å². The first-order valence-electron chi connectivity index (χ1n) is 37.8. The topological polar surface area (TPSA) is 78.9 Å². The van der Waals surface area contributed by atoms with E-state index in [0.717, 1.165) is 64.2 Å². The second-order valence-corrected chi connectivity index (χ2v) is 25.9. The largest absolute Gasteiger partial charge is 0.462 e. The zero-order valence-corrected chi connectivity index (χ0v) is 56.5. The highest BCUT2D eigenvalue weighted by Crippen LogP contribution is 2.19. The average molecular weight is 1170 g/mol. The van der Waals surface area contributed by atoms with Gasteiger partial charge in [-0.1, -0.05) is 385 Å². The second-order valence-electron chi connectivity index (χ2n) is 25.9. The van der Waals surface area contributed by atoms with Gasteiger partial charge in [-0.05, 0) is 51.4 Å². The Kier molecular flexibility index (Phi) is 70.5. The lowest BCUT2D eigenvalue weighted by Crippen LogP contribution is -2.30. The van der Waals surface area contributed by atoms with E-state index in [9.17, 15) is 14.4 Å². The van der Waals surface area contributed by atoms with Crippen LogP contribution in [0.5, 0.6) is 0 Å². The molecule has 0 bridgehead atoms. The molecular weight excluding hydrogens is 1020 g/mol. The van der Waals surface area contributed by atoms with Crippen molar-refractivity contribution < 1.29 is 28.6 Å². The Morgan fingerprint density at radius 1 is 0.241 bits per heavy atom. The molecule has 490 valence electrons. The smallest absolute Gasteiger partial charge is 0.306 e. The molecule has 1 atom stereocenters. The summed E-state index contributed by atoms with van der Waals surface area (Å²) in [5.74, 6) is -0.826. The van der Waals surface area contributed by atoms with E-state index in [-0.39, 0.29) is 31.1 Å². The summed E-state index contributed by atoms with van der Waals surface area (Å²) >= 11 is 0. The summed E-state index contributed by atoms with van der Waals surface area (Å²) in [5, 5.41) is 0. The Balaban J connectivity index is 4.23. The van der Waals surface area contributed by atoms with Gasteiger partial charge in [-0.3, -0.25) is 14.4 Å². The van der Waals surface area contributed by atoms with Gasteiger partial charge < -0.3 is 14.2 Å². The highest BCUT2D eigenvalue weighted by Gasteiger charge is 2.20.